The molecule has 9 heteroatoms. The number of carboxylic acids is 1. The number of hydrogen-bond donors (Lipinski definition) is 4. The van der Waals surface area contributed by atoms with E-state index in [1.54, 1.807) is 0 Å². The Balaban J connectivity index is 3.30. The van der Waals surface area contributed by atoms with Gasteiger partial charge in [0.15, 0.2) is 11.9 Å². The molecule has 0 heterocycles. The summed E-state index contributed by atoms with van der Waals surface area (Å²) in [6.45, 7) is 0. The molecule has 0 aliphatic heterocycles. The van der Waals surface area contributed by atoms with Crippen molar-refractivity contribution < 1.29 is 29.4 Å². The van der Waals surface area contributed by atoms with E-state index in [1.165, 1.54) is 0 Å². The Hall–Kier alpha value is -2.26. The maximum Gasteiger partial charge on any atom is 0.335 e. The number of nitrogen functional groups attached to an aromatic ring is 1. The number of carboxylic acid groups (broad SMARTS) is 1. The van der Waals surface area contributed by atoms with Crippen molar-refractivity contribution in [3.05, 3.63) is 33.6 Å². The summed E-state index contributed by atoms with van der Waals surface area (Å²) in [4.78, 5) is 20.0. The lowest BCUT2D eigenvalue weighted by atomic mass is 10.0. The fraction of sp³-hybridized carbons (Fsp3) is 0.222. The van der Waals surface area contributed by atoms with Crippen molar-refractivity contribution in [2.45, 2.75) is 12.2 Å². The molecule has 0 radical (unpaired) electrons. The largest absolute Gasteiger partial charge is 0.479 e. The van der Waals surface area contributed by atoms with Crippen LogP contribution < -0.4 is 5.73 Å². The number of nitro groups is 1. The monoisotopic (exact) mass is 260 g/mol. The Morgan fingerprint density at radius 1 is 1.44 bits per heavy atom. The van der Waals surface area contributed by atoms with E-state index in [1.807, 2.05) is 0 Å². The second kappa shape index (κ2) is 4.94. The Kier molecular flexibility index (Phi) is 3.79. The fourth-order valence-corrected chi connectivity index (χ4v) is 1.28. The molecule has 0 saturated heterocycles. The van der Waals surface area contributed by atoms with Crippen molar-refractivity contribution in [2.24, 2.45) is 0 Å². The molecular weight excluding hydrogens is 251 g/mol. The second-order valence-electron chi connectivity index (χ2n) is 3.42. The van der Waals surface area contributed by atoms with Crippen LogP contribution in [0.25, 0.3) is 0 Å². The maximum atomic E-state index is 13.3. The molecule has 0 fully saturated rings. The van der Waals surface area contributed by atoms with Crippen LogP contribution in [0.1, 0.15) is 11.7 Å². The lowest BCUT2D eigenvalue weighted by Gasteiger charge is -2.16. The number of anilines is 1. The number of aliphatic hydroxyl groups is 2. The smallest absolute Gasteiger partial charge is 0.335 e. The minimum atomic E-state index is -2.27. The Bertz CT molecular complexity index is 506. The average Bonchev–Trinajstić information content (AvgIpc) is 2.30. The third-order valence-corrected chi connectivity index (χ3v) is 2.23. The van der Waals surface area contributed by atoms with E-state index in [9.17, 15) is 24.4 Å². The van der Waals surface area contributed by atoms with Crippen LogP contribution in [-0.2, 0) is 4.79 Å². The summed E-state index contributed by atoms with van der Waals surface area (Å²) in [6.07, 6.45) is -4.34. The molecular formula is C9H9FN2O6. The lowest BCUT2D eigenvalue weighted by Crippen LogP contribution is -2.28. The summed E-state index contributed by atoms with van der Waals surface area (Å²) in [7, 11) is 0. The first-order valence-corrected chi connectivity index (χ1v) is 4.58. The molecule has 8 nitrogen and oxygen atoms in total. The van der Waals surface area contributed by atoms with Crippen molar-refractivity contribution in [1.29, 1.82) is 0 Å². The van der Waals surface area contributed by atoms with Crippen LogP contribution in [0, 0.1) is 15.9 Å². The highest BCUT2D eigenvalue weighted by Crippen LogP contribution is 2.30. The molecule has 98 valence electrons. The number of hydrogen-bond acceptors (Lipinski definition) is 6. The molecule has 0 spiro atoms. The summed E-state index contributed by atoms with van der Waals surface area (Å²) >= 11 is 0. The van der Waals surface area contributed by atoms with E-state index in [-0.39, 0.29) is 0 Å². The van der Waals surface area contributed by atoms with Crippen LogP contribution >= 0.6 is 0 Å². The number of benzene rings is 1. The number of non-ortho nitro benzene ring substituents is 1. The number of aliphatic hydroxyl groups excluding tert-OH is 2. The van der Waals surface area contributed by atoms with E-state index in [2.05, 4.69) is 0 Å². The topological polar surface area (TPSA) is 147 Å². The van der Waals surface area contributed by atoms with Gasteiger partial charge in [0.05, 0.1) is 16.7 Å². The van der Waals surface area contributed by atoms with Gasteiger partial charge in [0.1, 0.15) is 6.10 Å². The maximum absolute atomic E-state index is 13.3. The zero-order chi connectivity index (χ0) is 14.0. The molecule has 1 aromatic carbocycles. The van der Waals surface area contributed by atoms with Crippen LogP contribution in [0.3, 0.4) is 0 Å². The Labute approximate surface area is 99.2 Å². The molecule has 0 aliphatic rings. The summed E-state index contributed by atoms with van der Waals surface area (Å²) in [5.41, 5.74) is 3.30. The predicted molar refractivity (Wildman–Crippen MR) is 56.1 cm³/mol. The number of aliphatic carboxylic acids is 1. The number of carbonyl (C=O) groups is 1. The van der Waals surface area contributed by atoms with Crippen LogP contribution in [0.15, 0.2) is 12.1 Å². The second-order valence-corrected chi connectivity index (χ2v) is 3.42. The number of nitrogens with zero attached hydrogens (tertiary/aromatic N) is 1. The fourth-order valence-electron chi connectivity index (χ4n) is 1.28. The quantitative estimate of drug-likeness (QED) is 0.332. The van der Waals surface area contributed by atoms with E-state index in [0.717, 1.165) is 0 Å². The van der Waals surface area contributed by atoms with Gasteiger partial charge in [0.25, 0.3) is 5.69 Å². The van der Waals surface area contributed by atoms with Gasteiger partial charge in [-0.3, -0.25) is 10.1 Å². The van der Waals surface area contributed by atoms with Gasteiger partial charge in [-0.2, -0.15) is 0 Å². The minimum Gasteiger partial charge on any atom is -0.479 e. The van der Waals surface area contributed by atoms with Gasteiger partial charge in [-0.25, -0.2) is 9.18 Å². The van der Waals surface area contributed by atoms with Gasteiger partial charge in [0.2, 0.25) is 0 Å². The number of rotatable bonds is 4. The molecule has 0 amide bonds. The third kappa shape index (κ3) is 2.52. The third-order valence-electron chi connectivity index (χ3n) is 2.23. The van der Waals surface area contributed by atoms with Crippen LogP contribution in [0.4, 0.5) is 15.8 Å². The summed E-state index contributed by atoms with van der Waals surface area (Å²) in [6, 6.07) is 1.23. The van der Waals surface area contributed by atoms with Gasteiger partial charge in [-0.15, -0.1) is 0 Å². The van der Waals surface area contributed by atoms with Gasteiger partial charge >= 0.3 is 5.97 Å². The molecule has 0 aromatic heterocycles. The molecule has 0 bridgehead atoms. The van der Waals surface area contributed by atoms with Gasteiger partial charge in [-0.05, 0) is 0 Å². The summed E-state index contributed by atoms with van der Waals surface area (Å²) in [5, 5.41) is 37.5. The number of nitrogens with two attached hydrogens (primary N) is 1. The minimum absolute atomic E-state index is 0.526. The highest BCUT2D eigenvalue weighted by atomic mass is 19.1. The molecule has 18 heavy (non-hydrogen) atoms. The SMILES string of the molecule is Nc1c(F)cc([N+](=O)[O-])cc1C(O)C(O)C(=O)O. The van der Waals surface area contributed by atoms with Crippen molar-refractivity contribution >= 4 is 17.3 Å². The Morgan fingerprint density at radius 3 is 2.44 bits per heavy atom. The van der Waals surface area contributed by atoms with Crippen LogP contribution in [-0.4, -0.2) is 32.3 Å². The number of nitro benzene ring substituents is 1. The number of halogens is 1. The van der Waals surface area contributed by atoms with Gasteiger partial charge in [0, 0.05) is 11.6 Å². The molecule has 0 saturated carbocycles. The average molecular weight is 260 g/mol. The van der Waals surface area contributed by atoms with Crippen molar-refractivity contribution in [3.63, 3.8) is 0 Å². The van der Waals surface area contributed by atoms with Crippen molar-refractivity contribution in [3.8, 4) is 0 Å². The molecule has 1 aromatic rings. The first-order valence-electron chi connectivity index (χ1n) is 4.58. The Morgan fingerprint density at radius 2 is 2.00 bits per heavy atom. The normalized spacial score (nSPS) is 13.9. The predicted octanol–water partition coefficient (Wildman–Crippen LogP) is -0.205. The zero-order valence-corrected chi connectivity index (χ0v) is 8.78. The highest BCUT2D eigenvalue weighted by molar-refractivity contribution is 5.74. The van der Waals surface area contributed by atoms with E-state index < -0.39 is 45.9 Å². The zero-order valence-electron chi connectivity index (χ0n) is 8.78. The highest BCUT2D eigenvalue weighted by Gasteiger charge is 2.29. The van der Waals surface area contributed by atoms with Gasteiger partial charge in [-0.1, -0.05) is 0 Å². The van der Waals surface area contributed by atoms with E-state index in [4.69, 9.17) is 15.9 Å². The van der Waals surface area contributed by atoms with Gasteiger partial charge < -0.3 is 21.1 Å². The van der Waals surface area contributed by atoms with Crippen molar-refractivity contribution in [2.75, 3.05) is 5.73 Å². The van der Waals surface area contributed by atoms with E-state index in [0.29, 0.717) is 12.1 Å². The molecule has 1 rings (SSSR count). The molecule has 2 atom stereocenters. The molecule has 0 aliphatic carbocycles. The van der Waals surface area contributed by atoms with Crippen LogP contribution in [0.2, 0.25) is 0 Å². The summed E-state index contributed by atoms with van der Waals surface area (Å²) in [5.74, 6) is -2.95. The molecule has 2 unspecified atom stereocenters. The van der Waals surface area contributed by atoms with Crippen molar-refractivity contribution in [1.82, 2.24) is 0 Å². The van der Waals surface area contributed by atoms with Crippen LogP contribution in [0.5, 0.6) is 0 Å². The summed E-state index contributed by atoms with van der Waals surface area (Å²) < 4.78 is 13.3. The van der Waals surface area contributed by atoms with E-state index >= 15 is 0 Å². The first-order chi connectivity index (χ1) is 8.25. The standard InChI is InChI=1S/C9H9FN2O6/c10-5-2-3(12(17)18)1-4(6(5)11)7(13)8(14)9(15)16/h1-2,7-8,13-14H,11H2,(H,15,16). The lowest BCUT2D eigenvalue weighted by molar-refractivity contribution is -0.385. The first kappa shape index (κ1) is 13.8. The molecule has 5 N–H and O–H groups in total.